The number of benzene rings is 3. The average molecular weight is 405 g/mol. The number of rotatable bonds is 5. The fourth-order valence-corrected chi connectivity index (χ4v) is 3.02. The van der Waals surface area contributed by atoms with E-state index in [0.717, 1.165) is 11.3 Å². The van der Waals surface area contributed by atoms with Gasteiger partial charge in [-0.2, -0.15) is 0 Å². The number of methoxy groups -OCH3 is 1. The molecule has 0 atom stereocenters. The lowest BCUT2D eigenvalue weighted by atomic mass is 10.2. The third-order valence-electron chi connectivity index (χ3n) is 4.24. The second-order valence-electron chi connectivity index (χ2n) is 6.20. The van der Waals surface area contributed by atoms with Crippen LogP contribution >= 0.6 is 11.6 Å². The fourth-order valence-electron chi connectivity index (χ4n) is 2.83. The van der Waals surface area contributed by atoms with Gasteiger partial charge in [-0.05, 0) is 48.5 Å². The van der Waals surface area contributed by atoms with Crippen molar-refractivity contribution in [3.8, 4) is 22.8 Å². The van der Waals surface area contributed by atoms with Crippen LogP contribution in [0.3, 0.4) is 0 Å². The summed E-state index contributed by atoms with van der Waals surface area (Å²) in [6, 6.07) is 23.8. The number of anilines is 1. The van der Waals surface area contributed by atoms with Gasteiger partial charge in [0.25, 0.3) is 5.91 Å². The summed E-state index contributed by atoms with van der Waals surface area (Å²) in [4.78, 5) is 17.2. The molecule has 29 heavy (non-hydrogen) atoms. The molecule has 0 radical (unpaired) electrons. The standard InChI is InChI=1S/C22H17ClN4O2/c1-29-19-12-10-17(11-13-19)24-22(28)20-25-21(15-6-5-7-16(23)14-15)27(26-20)18-8-3-2-4-9-18/h2-14H,1H3,(H,24,28). The van der Waals surface area contributed by atoms with E-state index >= 15 is 0 Å². The normalized spacial score (nSPS) is 10.6. The van der Waals surface area contributed by atoms with Crippen LogP contribution in [0.1, 0.15) is 10.6 Å². The molecule has 0 fully saturated rings. The number of amides is 1. The van der Waals surface area contributed by atoms with E-state index in [2.05, 4.69) is 15.4 Å². The van der Waals surface area contributed by atoms with Gasteiger partial charge in [0, 0.05) is 16.3 Å². The van der Waals surface area contributed by atoms with Crippen molar-refractivity contribution in [3.63, 3.8) is 0 Å². The Morgan fingerprint density at radius 2 is 1.76 bits per heavy atom. The van der Waals surface area contributed by atoms with Crippen molar-refractivity contribution in [2.75, 3.05) is 12.4 Å². The van der Waals surface area contributed by atoms with Gasteiger partial charge in [0.2, 0.25) is 5.82 Å². The number of para-hydroxylation sites is 1. The van der Waals surface area contributed by atoms with Crippen LogP contribution in [0.2, 0.25) is 5.02 Å². The van der Waals surface area contributed by atoms with Crippen LogP contribution in [0.4, 0.5) is 5.69 Å². The predicted molar refractivity (Wildman–Crippen MR) is 113 cm³/mol. The monoisotopic (exact) mass is 404 g/mol. The summed E-state index contributed by atoms with van der Waals surface area (Å²) in [5.41, 5.74) is 2.17. The molecule has 1 N–H and O–H groups in total. The number of ether oxygens (including phenoxy) is 1. The first-order valence-electron chi connectivity index (χ1n) is 8.88. The van der Waals surface area contributed by atoms with E-state index in [1.54, 1.807) is 48.2 Å². The van der Waals surface area contributed by atoms with Gasteiger partial charge >= 0.3 is 0 Å². The molecule has 0 aliphatic rings. The minimum absolute atomic E-state index is 0.0552. The largest absolute Gasteiger partial charge is 0.497 e. The molecule has 0 saturated carbocycles. The maximum absolute atomic E-state index is 12.8. The lowest BCUT2D eigenvalue weighted by Crippen LogP contribution is -2.14. The van der Waals surface area contributed by atoms with E-state index in [1.807, 2.05) is 42.5 Å². The van der Waals surface area contributed by atoms with Gasteiger partial charge in [-0.15, -0.1) is 5.10 Å². The van der Waals surface area contributed by atoms with Gasteiger partial charge in [0.1, 0.15) is 5.75 Å². The third kappa shape index (κ3) is 4.12. The van der Waals surface area contributed by atoms with Gasteiger partial charge in [0.05, 0.1) is 12.8 Å². The first kappa shape index (κ1) is 18.7. The van der Waals surface area contributed by atoms with Crippen molar-refractivity contribution in [3.05, 3.63) is 89.7 Å². The summed E-state index contributed by atoms with van der Waals surface area (Å²) < 4.78 is 6.77. The molecule has 144 valence electrons. The molecule has 0 spiro atoms. The number of carbonyl (C=O) groups excluding carboxylic acids is 1. The molecule has 0 unspecified atom stereocenters. The van der Waals surface area contributed by atoms with Crippen molar-refractivity contribution >= 4 is 23.2 Å². The highest BCUT2D eigenvalue weighted by Crippen LogP contribution is 2.24. The number of aromatic nitrogens is 3. The molecule has 6 nitrogen and oxygen atoms in total. The number of carbonyl (C=O) groups is 1. The van der Waals surface area contributed by atoms with E-state index in [4.69, 9.17) is 16.3 Å². The third-order valence-corrected chi connectivity index (χ3v) is 4.48. The van der Waals surface area contributed by atoms with Crippen molar-refractivity contribution in [1.82, 2.24) is 14.8 Å². The minimum atomic E-state index is -0.409. The molecule has 1 amide bonds. The summed E-state index contributed by atoms with van der Waals surface area (Å²) in [6.45, 7) is 0. The second kappa shape index (κ2) is 8.16. The van der Waals surface area contributed by atoms with Crippen molar-refractivity contribution in [2.45, 2.75) is 0 Å². The summed E-state index contributed by atoms with van der Waals surface area (Å²) in [5, 5.41) is 7.83. The fraction of sp³-hybridized carbons (Fsp3) is 0.0455. The van der Waals surface area contributed by atoms with Gasteiger partial charge in [-0.3, -0.25) is 4.79 Å². The molecular weight excluding hydrogens is 388 g/mol. The van der Waals surface area contributed by atoms with E-state index in [0.29, 0.717) is 22.3 Å². The number of hydrogen-bond acceptors (Lipinski definition) is 4. The first-order valence-corrected chi connectivity index (χ1v) is 9.25. The maximum Gasteiger partial charge on any atom is 0.295 e. The smallest absolute Gasteiger partial charge is 0.295 e. The zero-order valence-electron chi connectivity index (χ0n) is 15.5. The Hall–Kier alpha value is -3.64. The SMILES string of the molecule is COc1ccc(NC(=O)c2nc(-c3cccc(Cl)c3)n(-c3ccccc3)n2)cc1. The van der Waals surface area contributed by atoms with Gasteiger partial charge in [0.15, 0.2) is 5.82 Å². The topological polar surface area (TPSA) is 69.0 Å². The minimum Gasteiger partial charge on any atom is -0.497 e. The summed E-state index contributed by atoms with van der Waals surface area (Å²) >= 11 is 6.15. The average Bonchev–Trinajstić information content (AvgIpc) is 3.21. The van der Waals surface area contributed by atoms with Crippen molar-refractivity contribution in [1.29, 1.82) is 0 Å². The van der Waals surface area contributed by atoms with Gasteiger partial charge in [-0.1, -0.05) is 41.9 Å². The zero-order valence-corrected chi connectivity index (χ0v) is 16.3. The molecule has 0 bridgehead atoms. The Bertz CT molecular complexity index is 1140. The van der Waals surface area contributed by atoms with Gasteiger partial charge < -0.3 is 10.1 Å². The predicted octanol–water partition coefficient (Wildman–Crippen LogP) is 4.85. The molecular formula is C22H17ClN4O2. The molecule has 0 aliphatic heterocycles. The van der Waals surface area contributed by atoms with Crippen molar-refractivity contribution in [2.24, 2.45) is 0 Å². The Morgan fingerprint density at radius 1 is 1.00 bits per heavy atom. The van der Waals surface area contributed by atoms with Crippen LogP contribution in [-0.2, 0) is 0 Å². The highest BCUT2D eigenvalue weighted by Gasteiger charge is 2.19. The van der Waals surface area contributed by atoms with Crippen LogP contribution in [0.15, 0.2) is 78.9 Å². The van der Waals surface area contributed by atoms with E-state index < -0.39 is 5.91 Å². The maximum atomic E-state index is 12.8. The number of halogens is 1. The molecule has 0 saturated heterocycles. The lowest BCUT2D eigenvalue weighted by molar-refractivity contribution is 0.101. The van der Waals surface area contributed by atoms with Crippen LogP contribution in [0.5, 0.6) is 5.75 Å². The zero-order chi connectivity index (χ0) is 20.2. The second-order valence-corrected chi connectivity index (χ2v) is 6.64. The van der Waals surface area contributed by atoms with Crippen LogP contribution in [0.25, 0.3) is 17.1 Å². The summed E-state index contributed by atoms with van der Waals surface area (Å²) in [7, 11) is 1.59. The molecule has 7 heteroatoms. The number of nitrogens with zero attached hydrogens (tertiary/aromatic N) is 3. The Labute approximate surface area is 172 Å². The van der Waals surface area contributed by atoms with Crippen LogP contribution < -0.4 is 10.1 Å². The number of nitrogens with one attached hydrogen (secondary N) is 1. The highest BCUT2D eigenvalue weighted by atomic mass is 35.5. The Balaban J connectivity index is 1.71. The van der Waals surface area contributed by atoms with Gasteiger partial charge in [-0.25, -0.2) is 9.67 Å². The first-order chi connectivity index (χ1) is 14.1. The Morgan fingerprint density at radius 3 is 2.45 bits per heavy atom. The van der Waals surface area contributed by atoms with Crippen LogP contribution in [-0.4, -0.2) is 27.8 Å². The molecule has 3 aromatic carbocycles. The Kier molecular flexibility index (Phi) is 5.27. The molecule has 1 heterocycles. The molecule has 4 rings (SSSR count). The van der Waals surface area contributed by atoms with E-state index in [-0.39, 0.29) is 5.82 Å². The summed E-state index contributed by atoms with van der Waals surface area (Å²) in [6.07, 6.45) is 0. The molecule has 0 aliphatic carbocycles. The van der Waals surface area contributed by atoms with E-state index in [9.17, 15) is 4.79 Å². The molecule has 4 aromatic rings. The quantitative estimate of drug-likeness (QED) is 0.516. The lowest BCUT2D eigenvalue weighted by Gasteiger charge is -2.05. The molecule has 1 aromatic heterocycles. The van der Waals surface area contributed by atoms with E-state index in [1.165, 1.54) is 0 Å². The van der Waals surface area contributed by atoms with Crippen LogP contribution in [0, 0.1) is 0 Å². The highest BCUT2D eigenvalue weighted by molar-refractivity contribution is 6.30. The van der Waals surface area contributed by atoms with Crippen molar-refractivity contribution < 1.29 is 9.53 Å². The number of hydrogen-bond donors (Lipinski definition) is 1. The summed E-state index contributed by atoms with van der Waals surface area (Å²) in [5.74, 6) is 0.879.